The van der Waals surface area contributed by atoms with Crippen LogP contribution in [0.5, 0.6) is 0 Å². The quantitative estimate of drug-likeness (QED) is 0.921. The third kappa shape index (κ3) is 3.05. The molecule has 0 aliphatic carbocycles. The van der Waals surface area contributed by atoms with Crippen molar-refractivity contribution in [2.45, 2.75) is 17.2 Å². The molecule has 0 radical (unpaired) electrons. The molecule has 1 saturated heterocycles. The molecule has 2 aromatic carbocycles. The first-order valence-corrected chi connectivity index (χ1v) is 8.91. The first-order valence-electron chi connectivity index (χ1n) is 7.47. The van der Waals surface area contributed by atoms with Gasteiger partial charge in [-0.15, -0.1) is 0 Å². The van der Waals surface area contributed by atoms with E-state index in [0.29, 0.717) is 13.0 Å². The Labute approximate surface area is 139 Å². The standard InChI is InChI=1S/C17H16FNO4S/c18-15-10-13(17(20)21)6-7-16(15)24(22,23)19-9-8-14(11-19)12-4-2-1-3-5-12/h1-7,10,14H,8-9,11H2,(H,20,21). The Morgan fingerprint density at radius 1 is 1.17 bits per heavy atom. The van der Waals surface area contributed by atoms with E-state index < -0.39 is 26.7 Å². The topological polar surface area (TPSA) is 74.7 Å². The zero-order chi connectivity index (χ0) is 17.3. The largest absolute Gasteiger partial charge is 0.478 e. The summed E-state index contributed by atoms with van der Waals surface area (Å²) >= 11 is 0. The minimum atomic E-state index is -3.99. The van der Waals surface area contributed by atoms with Crippen LogP contribution in [0.3, 0.4) is 0 Å². The molecule has 1 aliphatic rings. The second-order valence-corrected chi connectivity index (χ2v) is 7.62. The van der Waals surface area contributed by atoms with E-state index in [-0.39, 0.29) is 18.0 Å². The van der Waals surface area contributed by atoms with Crippen LogP contribution in [0.2, 0.25) is 0 Å². The van der Waals surface area contributed by atoms with E-state index >= 15 is 0 Å². The van der Waals surface area contributed by atoms with Crippen molar-refractivity contribution in [1.82, 2.24) is 4.31 Å². The molecule has 1 fully saturated rings. The number of carboxylic acids is 1. The lowest BCUT2D eigenvalue weighted by Crippen LogP contribution is -2.29. The van der Waals surface area contributed by atoms with Gasteiger partial charge in [0.2, 0.25) is 10.0 Å². The Bertz CT molecular complexity index is 867. The number of halogens is 1. The second-order valence-electron chi connectivity index (χ2n) is 5.71. The zero-order valence-corrected chi connectivity index (χ0v) is 13.5. The summed E-state index contributed by atoms with van der Waals surface area (Å²) < 4.78 is 40.7. The summed E-state index contributed by atoms with van der Waals surface area (Å²) in [4.78, 5) is 10.4. The number of carboxylic acid groups (broad SMARTS) is 1. The Balaban J connectivity index is 1.85. The highest BCUT2D eigenvalue weighted by atomic mass is 32.2. The number of aromatic carboxylic acids is 1. The second kappa shape index (κ2) is 6.33. The molecule has 0 saturated carbocycles. The Kier molecular flexibility index (Phi) is 4.38. The highest BCUT2D eigenvalue weighted by Crippen LogP contribution is 2.31. The van der Waals surface area contributed by atoms with Gasteiger partial charge >= 0.3 is 5.97 Å². The third-order valence-corrected chi connectivity index (χ3v) is 6.12. The monoisotopic (exact) mass is 349 g/mol. The molecule has 2 aromatic rings. The lowest BCUT2D eigenvalue weighted by atomic mass is 9.99. The zero-order valence-electron chi connectivity index (χ0n) is 12.7. The maximum atomic E-state index is 14.1. The van der Waals surface area contributed by atoms with Crippen LogP contribution in [-0.2, 0) is 10.0 Å². The molecule has 1 N–H and O–H groups in total. The van der Waals surface area contributed by atoms with Crippen LogP contribution in [0.15, 0.2) is 53.4 Å². The smallest absolute Gasteiger partial charge is 0.335 e. The Morgan fingerprint density at radius 2 is 1.88 bits per heavy atom. The molecule has 0 bridgehead atoms. The molecule has 0 amide bonds. The molecule has 5 nitrogen and oxygen atoms in total. The van der Waals surface area contributed by atoms with Gasteiger partial charge < -0.3 is 5.11 Å². The van der Waals surface area contributed by atoms with E-state index in [2.05, 4.69) is 0 Å². The van der Waals surface area contributed by atoms with Crippen LogP contribution in [-0.4, -0.2) is 36.9 Å². The molecule has 7 heteroatoms. The summed E-state index contributed by atoms with van der Waals surface area (Å²) in [5, 5.41) is 8.85. The van der Waals surface area contributed by atoms with Crippen molar-refractivity contribution in [2.75, 3.05) is 13.1 Å². The molecule has 1 unspecified atom stereocenters. The molecule has 1 aliphatic heterocycles. The van der Waals surface area contributed by atoms with Gasteiger partial charge in [-0.05, 0) is 36.1 Å². The first kappa shape index (κ1) is 16.6. The maximum Gasteiger partial charge on any atom is 0.335 e. The average Bonchev–Trinajstić information content (AvgIpc) is 3.06. The van der Waals surface area contributed by atoms with Gasteiger partial charge in [-0.2, -0.15) is 4.31 Å². The summed E-state index contributed by atoms with van der Waals surface area (Å²) in [6, 6.07) is 12.4. The predicted molar refractivity (Wildman–Crippen MR) is 85.9 cm³/mol. The van der Waals surface area contributed by atoms with Crippen LogP contribution in [0.4, 0.5) is 4.39 Å². The fourth-order valence-electron chi connectivity index (χ4n) is 2.93. The highest BCUT2D eigenvalue weighted by molar-refractivity contribution is 7.89. The van der Waals surface area contributed by atoms with E-state index in [1.807, 2.05) is 30.3 Å². The van der Waals surface area contributed by atoms with Gasteiger partial charge in [0, 0.05) is 13.1 Å². The van der Waals surface area contributed by atoms with Crippen molar-refractivity contribution in [3.63, 3.8) is 0 Å². The van der Waals surface area contributed by atoms with E-state index in [9.17, 15) is 17.6 Å². The van der Waals surface area contributed by atoms with Crippen LogP contribution < -0.4 is 0 Å². The van der Waals surface area contributed by atoms with Gasteiger partial charge in [0.05, 0.1) is 5.56 Å². The molecular weight excluding hydrogens is 333 g/mol. The van der Waals surface area contributed by atoms with Gasteiger partial charge in [0.15, 0.2) is 0 Å². The van der Waals surface area contributed by atoms with Gasteiger partial charge in [0.25, 0.3) is 0 Å². The van der Waals surface area contributed by atoms with Crippen LogP contribution >= 0.6 is 0 Å². The van der Waals surface area contributed by atoms with E-state index in [0.717, 1.165) is 23.8 Å². The van der Waals surface area contributed by atoms with E-state index in [1.54, 1.807) is 0 Å². The number of carbonyl (C=O) groups is 1. The fraction of sp³-hybridized carbons (Fsp3) is 0.235. The summed E-state index contributed by atoms with van der Waals surface area (Å²) in [6.45, 7) is 0.592. The number of hydrogen-bond donors (Lipinski definition) is 1. The van der Waals surface area contributed by atoms with Gasteiger partial charge in [-0.25, -0.2) is 17.6 Å². The molecule has 24 heavy (non-hydrogen) atoms. The highest BCUT2D eigenvalue weighted by Gasteiger charge is 2.34. The van der Waals surface area contributed by atoms with Crippen molar-refractivity contribution >= 4 is 16.0 Å². The summed E-state index contributed by atoms with van der Waals surface area (Å²) in [5.74, 6) is -2.27. The van der Waals surface area contributed by atoms with Crippen molar-refractivity contribution < 1.29 is 22.7 Å². The Morgan fingerprint density at radius 3 is 2.50 bits per heavy atom. The number of hydrogen-bond acceptors (Lipinski definition) is 3. The average molecular weight is 349 g/mol. The molecule has 1 heterocycles. The van der Waals surface area contributed by atoms with Crippen molar-refractivity contribution in [1.29, 1.82) is 0 Å². The maximum absolute atomic E-state index is 14.1. The van der Waals surface area contributed by atoms with E-state index in [4.69, 9.17) is 5.11 Å². The number of rotatable bonds is 4. The number of sulfonamides is 1. The SMILES string of the molecule is O=C(O)c1ccc(S(=O)(=O)N2CCC(c3ccccc3)C2)c(F)c1. The minimum absolute atomic E-state index is 0.0716. The summed E-state index contributed by atoms with van der Waals surface area (Å²) in [6.07, 6.45) is 0.665. The van der Waals surface area contributed by atoms with Crippen LogP contribution in [0.25, 0.3) is 0 Å². The van der Waals surface area contributed by atoms with Crippen LogP contribution in [0, 0.1) is 5.82 Å². The number of benzene rings is 2. The summed E-state index contributed by atoms with van der Waals surface area (Å²) in [7, 11) is -3.99. The molecule has 0 aromatic heterocycles. The van der Waals surface area contributed by atoms with Crippen molar-refractivity contribution in [2.24, 2.45) is 0 Å². The lowest BCUT2D eigenvalue weighted by molar-refractivity contribution is 0.0696. The lowest BCUT2D eigenvalue weighted by Gasteiger charge is -2.17. The van der Waals surface area contributed by atoms with Crippen molar-refractivity contribution in [3.05, 3.63) is 65.5 Å². The molecule has 126 valence electrons. The normalized spacial score (nSPS) is 18.6. The summed E-state index contributed by atoms with van der Waals surface area (Å²) in [5.41, 5.74) is 0.770. The molecular formula is C17H16FNO4S. The van der Waals surface area contributed by atoms with Gasteiger partial charge in [0.1, 0.15) is 10.7 Å². The predicted octanol–water partition coefficient (Wildman–Crippen LogP) is 2.70. The van der Waals surface area contributed by atoms with Crippen molar-refractivity contribution in [3.8, 4) is 0 Å². The van der Waals surface area contributed by atoms with E-state index in [1.165, 1.54) is 4.31 Å². The minimum Gasteiger partial charge on any atom is -0.478 e. The first-order chi connectivity index (χ1) is 11.4. The van der Waals surface area contributed by atoms with Crippen LogP contribution in [0.1, 0.15) is 28.3 Å². The third-order valence-electron chi connectivity index (χ3n) is 4.22. The Hall–Kier alpha value is -2.25. The number of nitrogens with zero attached hydrogens (tertiary/aromatic N) is 1. The molecule has 1 atom stereocenters. The molecule has 3 rings (SSSR count). The fourth-order valence-corrected chi connectivity index (χ4v) is 4.47. The molecule has 0 spiro atoms. The van der Waals surface area contributed by atoms with Gasteiger partial charge in [-0.1, -0.05) is 30.3 Å². The van der Waals surface area contributed by atoms with Gasteiger partial charge in [-0.3, -0.25) is 0 Å².